The first-order valence-electron chi connectivity index (χ1n) is 11.0. The van der Waals surface area contributed by atoms with E-state index in [2.05, 4.69) is 5.32 Å². The second kappa shape index (κ2) is 9.44. The third kappa shape index (κ3) is 4.73. The minimum Gasteiger partial charge on any atom is -0.455 e. The molecule has 176 valence electrons. The Balaban J connectivity index is 1.39. The predicted molar refractivity (Wildman–Crippen MR) is 137 cm³/mol. The van der Waals surface area contributed by atoms with Crippen LogP contribution in [0.4, 0.5) is 11.4 Å². The molecule has 1 heterocycles. The summed E-state index contributed by atoms with van der Waals surface area (Å²) in [5.41, 5.74) is 2.22. The lowest BCUT2D eigenvalue weighted by atomic mass is 10.1. The number of fused-ring (bicyclic) bond motifs is 1. The molecule has 0 aromatic heterocycles. The smallest absolute Gasteiger partial charge is 0.264 e. The van der Waals surface area contributed by atoms with Crippen LogP contribution in [0.15, 0.2) is 102 Å². The molecule has 35 heavy (non-hydrogen) atoms. The Morgan fingerprint density at radius 1 is 0.886 bits per heavy atom. The fourth-order valence-electron chi connectivity index (χ4n) is 3.98. The van der Waals surface area contributed by atoms with Crippen LogP contribution >= 0.6 is 11.6 Å². The van der Waals surface area contributed by atoms with Crippen molar-refractivity contribution in [1.29, 1.82) is 0 Å². The van der Waals surface area contributed by atoms with Crippen LogP contribution in [0.25, 0.3) is 0 Å². The zero-order valence-corrected chi connectivity index (χ0v) is 20.1. The molecule has 0 spiro atoms. The van der Waals surface area contributed by atoms with E-state index in [4.69, 9.17) is 16.3 Å². The van der Waals surface area contributed by atoms with Gasteiger partial charge in [0.05, 0.1) is 16.3 Å². The largest absolute Gasteiger partial charge is 0.455 e. The van der Waals surface area contributed by atoms with Gasteiger partial charge in [-0.1, -0.05) is 48.0 Å². The lowest BCUT2D eigenvalue weighted by Crippen LogP contribution is -2.29. The summed E-state index contributed by atoms with van der Waals surface area (Å²) in [4.78, 5) is 13.3. The average molecular weight is 505 g/mol. The number of ether oxygens (including phenoxy) is 1. The van der Waals surface area contributed by atoms with E-state index in [-0.39, 0.29) is 10.8 Å². The van der Waals surface area contributed by atoms with Crippen LogP contribution in [-0.2, 0) is 16.4 Å². The predicted octanol–water partition coefficient (Wildman–Crippen LogP) is 6.14. The lowest BCUT2D eigenvalue weighted by Gasteiger charge is -2.19. The molecule has 0 atom stereocenters. The van der Waals surface area contributed by atoms with Crippen LogP contribution < -0.4 is 14.4 Å². The second-order valence-electron chi connectivity index (χ2n) is 7.99. The maximum Gasteiger partial charge on any atom is 0.264 e. The number of anilines is 2. The molecule has 1 amide bonds. The van der Waals surface area contributed by atoms with Crippen molar-refractivity contribution >= 4 is 38.9 Å². The van der Waals surface area contributed by atoms with Gasteiger partial charge in [-0.05, 0) is 72.6 Å². The highest BCUT2D eigenvalue weighted by Crippen LogP contribution is 2.35. The monoisotopic (exact) mass is 504 g/mol. The summed E-state index contributed by atoms with van der Waals surface area (Å²) in [6.45, 7) is 0.320. The zero-order chi connectivity index (χ0) is 24.4. The molecule has 0 bridgehead atoms. The molecule has 0 saturated carbocycles. The summed E-state index contributed by atoms with van der Waals surface area (Å²) in [5, 5.41) is 3.32. The van der Waals surface area contributed by atoms with E-state index < -0.39 is 10.0 Å². The van der Waals surface area contributed by atoms with E-state index in [1.807, 2.05) is 30.3 Å². The standard InChI is InChI=1S/C27H21ClN2O4S/c28-21-12-14-26(34-22-7-3-1-4-8-22)24(18-21)29-27(31)20-11-13-25-19(17-20)15-16-30(25)35(32,33)23-9-5-2-6-10-23/h1-14,17-18H,15-16H2,(H,29,31). The highest BCUT2D eigenvalue weighted by molar-refractivity contribution is 7.92. The third-order valence-corrected chi connectivity index (χ3v) is 7.75. The van der Waals surface area contributed by atoms with E-state index in [9.17, 15) is 13.2 Å². The Morgan fingerprint density at radius 3 is 2.34 bits per heavy atom. The Labute approximate surface area is 208 Å². The molecule has 1 aliphatic heterocycles. The van der Waals surface area contributed by atoms with Crippen molar-refractivity contribution in [3.8, 4) is 11.5 Å². The van der Waals surface area contributed by atoms with Crippen LogP contribution in [-0.4, -0.2) is 20.9 Å². The highest BCUT2D eigenvalue weighted by Gasteiger charge is 2.31. The molecule has 0 unspecified atom stereocenters. The molecular weight excluding hydrogens is 484 g/mol. The normalized spacial score (nSPS) is 12.8. The van der Waals surface area contributed by atoms with E-state index in [1.54, 1.807) is 66.7 Å². The molecule has 0 fully saturated rings. The number of nitrogens with one attached hydrogen (secondary N) is 1. The van der Waals surface area contributed by atoms with Crippen molar-refractivity contribution < 1.29 is 17.9 Å². The van der Waals surface area contributed by atoms with Crippen molar-refractivity contribution in [2.24, 2.45) is 0 Å². The van der Waals surface area contributed by atoms with Crippen molar-refractivity contribution in [2.75, 3.05) is 16.2 Å². The number of para-hydroxylation sites is 1. The number of carbonyl (C=O) groups is 1. The maximum atomic E-state index is 13.1. The highest BCUT2D eigenvalue weighted by atomic mass is 35.5. The Bertz CT molecular complexity index is 1490. The summed E-state index contributed by atoms with van der Waals surface area (Å²) >= 11 is 6.17. The number of halogens is 1. The van der Waals surface area contributed by atoms with Gasteiger partial charge in [-0.15, -0.1) is 0 Å². The Hall–Kier alpha value is -3.81. The van der Waals surface area contributed by atoms with Crippen molar-refractivity contribution in [3.63, 3.8) is 0 Å². The van der Waals surface area contributed by atoms with Gasteiger partial charge in [0.25, 0.3) is 15.9 Å². The first-order valence-corrected chi connectivity index (χ1v) is 12.8. The molecule has 8 heteroatoms. The van der Waals surface area contributed by atoms with Crippen LogP contribution in [0.3, 0.4) is 0 Å². The number of rotatable bonds is 6. The van der Waals surface area contributed by atoms with Gasteiger partial charge in [0.1, 0.15) is 5.75 Å². The number of nitrogens with zero attached hydrogens (tertiary/aromatic N) is 1. The summed E-state index contributed by atoms with van der Waals surface area (Å²) < 4.78 is 33.5. The molecular formula is C27H21ClN2O4S. The number of hydrogen-bond donors (Lipinski definition) is 1. The van der Waals surface area contributed by atoms with E-state index in [0.717, 1.165) is 5.56 Å². The summed E-state index contributed by atoms with van der Waals surface area (Å²) in [6.07, 6.45) is 0.516. The molecule has 4 aromatic carbocycles. The summed E-state index contributed by atoms with van der Waals surface area (Å²) in [6, 6.07) is 27.6. The summed E-state index contributed by atoms with van der Waals surface area (Å²) in [5.74, 6) is 0.732. The average Bonchev–Trinajstić information content (AvgIpc) is 3.31. The van der Waals surface area contributed by atoms with Crippen LogP contribution in [0, 0.1) is 0 Å². The minimum absolute atomic E-state index is 0.238. The first-order chi connectivity index (χ1) is 16.9. The zero-order valence-electron chi connectivity index (χ0n) is 18.5. The van der Waals surface area contributed by atoms with Gasteiger partial charge in [0.2, 0.25) is 0 Å². The molecule has 6 nitrogen and oxygen atoms in total. The van der Waals surface area contributed by atoms with Crippen LogP contribution in [0.1, 0.15) is 15.9 Å². The molecule has 1 aliphatic rings. The van der Waals surface area contributed by atoms with Crippen molar-refractivity contribution in [2.45, 2.75) is 11.3 Å². The Morgan fingerprint density at radius 2 is 1.60 bits per heavy atom. The van der Waals surface area contributed by atoms with Crippen LogP contribution in [0.5, 0.6) is 11.5 Å². The van der Waals surface area contributed by atoms with E-state index in [1.165, 1.54) is 4.31 Å². The number of benzene rings is 4. The molecule has 0 radical (unpaired) electrons. The molecule has 1 N–H and O–H groups in total. The van der Waals surface area contributed by atoms with Gasteiger partial charge in [-0.25, -0.2) is 8.42 Å². The number of carbonyl (C=O) groups excluding carboxylic acids is 1. The van der Waals surface area contributed by atoms with Crippen molar-refractivity contribution in [1.82, 2.24) is 0 Å². The number of amides is 1. The quantitative estimate of drug-likeness (QED) is 0.342. The van der Waals surface area contributed by atoms with E-state index in [0.29, 0.717) is 46.4 Å². The van der Waals surface area contributed by atoms with Gasteiger partial charge >= 0.3 is 0 Å². The summed E-state index contributed by atoms with van der Waals surface area (Å²) in [7, 11) is -3.67. The SMILES string of the molecule is O=C(Nc1cc(Cl)ccc1Oc1ccccc1)c1ccc2c(c1)CCN2S(=O)(=O)c1ccccc1. The fraction of sp³-hybridized carbons (Fsp3) is 0.0741. The maximum absolute atomic E-state index is 13.1. The third-order valence-electron chi connectivity index (χ3n) is 5.69. The molecule has 0 aliphatic carbocycles. The van der Waals surface area contributed by atoms with Gasteiger partial charge < -0.3 is 10.1 Å². The number of sulfonamides is 1. The lowest BCUT2D eigenvalue weighted by molar-refractivity contribution is 0.102. The topological polar surface area (TPSA) is 75.7 Å². The van der Waals surface area contributed by atoms with E-state index >= 15 is 0 Å². The first kappa shape index (κ1) is 23.0. The fourth-order valence-corrected chi connectivity index (χ4v) is 5.68. The number of hydrogen-bond acceptors (Lipinski definition) is 4. The second-order valence-corrected chi connectivity index (χ2v) is 10.3. The van der Waals surface area contributed by atoms with Gasteiger partial charge in [-0.2, -0.15) is 0 Å². The molecule has 4 aromatic rings. The van der Waals surface area contributed by atoms with Crippen LogP contribution in [0.2, 0.25) is 5.02 Å². The Kier molecular flexibility index (Phi) is 6.19. The van der Waals surface area contributed by atoms with Gasteiger partial charge in [0, 0.05) is 17.1 Å². The van der Waals surface area contributed by atoms with Gasteiger partial charge in [0.15, 0.2) is 5.75 Å². The minimum atomic E-state index is -3.67. The van der Waals surface area contributed by atoms with Gasteiger partial charge in [-0.3, -0.25) is 9.10 Å². The van der Waals surface area contributed by atoms with Crippen molar-refractivity contribution in [3.05, 3.63) is 113 Å². The molecule has 0 saturated heterocycles. The molecule has 5 rings (SSSR count).